The van der Waals surface area contributed by atoms with Crippen LogP contribution < -0.4 is 0 Å². The first kappa shape index (κ1) is 11.5. The van der Waals surface area contributed by atoms with Crippen molar-refractivity contribution in [2.24, 2.45) is 0 Å². The Kier molecular flexibility index (Phi) is 2.74. The number of ether oxygens (including phenoxy) is 1. The van der Waals surface area contributed by atoms with Gasteiger partial charge in [0.05, 0.1) is 17.7 Å². The maximum absolute atomic E-state index is 11.8. The van der Waals surface area contributed by atoms with Crippen molar-refractivity contribution < 1.29 is 9.53 Å². The number of aromatic amines is 1. The Morgan fingerprint density at radius 1 is 1.50 bits per heavy atom. The second-order valence-corrected chi connectivity index (χ2v) is 5.81. The van der Waals surface area contributed by atoms with Crippen LogP contribution in [0, 0.1) is 0 Å². The van der Waals surface area contributed by atoms with Crippen molar-refractivity contribution in [3.63, 3.8) is 0 Å². The number of fused-ring (bicyclic) bond motifs is 1. The largest absolute Gasteiger partial charge is 0.444 e. The number of nitrogens with zero attached hydrogens (tertiary/aromatic N) is 1. The lowest BCUT2D eigenvalue weighted by Crippen LogP contribution is -2.33. The molecule has 5 heteroatoms. The van der Waals surface area contributed by atoms with Gasteiger partial charge < -0.3 is 9.72 Å². The molecule has 1 aromatic heterocycles. The minimum Gasteiger partial charge on any atom is -0.444 e. The van der Waals surface area contributed by atoms with Gasteiger partial charge in [-0.3, -0.25) is 4.90 Å². The highest BCUT2D eigenvalue weighted by Gasteiger charge is 2.28. The zero-order valence-electron chi connectivity index (χ0n) is 9.63. The predicted molar refractivity (Wildman–Crippen MR) is 64.0 cm³/mol. The van der Waals surface area contributed by atoms with Crippen molar-refractivity contribution in [3.05, 3.63) is 21.9 Å². The zero-order valence-corrected chi connectivity index (χ0v) is 11.2. The SMILES string of the molecule is CC(C)(C)OC(=O)N1Cc2cc(Br)[nH]c2C1. The van der Waals surface area contributed by atoms with Crippen LogP contribution in [0.3, 0.4) is 0 Å². The number of rotatable bonds is 0. The summed E-state index contributed by atoms with van der Waals surface area (Å²) in [6.45, 7) is 6.83. The number of hydrogen-bond acceptors (Lipinski definition) is 2. The van der Waals surface area contributed by atoms with Crippen molar-refractivity contribution in [1.82, 2.24) is 9.88 Å². The van der Waals surface area contributed by atoms with E-state index in [1.54, 1.807) is 4.90 Å². The average molecular weight is 287 g/mol. The summed E-state index contributed by atoms with van der Waals surface area (Å²) in [6, 6.07) is 2.00. The molecule has 0 unspecified atom stereocenters. The molecule has 0 saturated heterocycles. The minimum atomic E-state index is -0.437. The molecule has 2 heterocycles. The van der Waals surface area contributed by atoms with Gasteiger partial charge in [-0.25, -0.2) is 4.79 Å². The van der Waals surface area contributed by atoms with Crippen LogP contribution in [-0.2, 0) is 17.8 Å². The molecule has 4 nitrogen and oxygen atoms in total. The van der Waals surface area contributed by atoms with Gasteiger partial charge in [0.15, 0.2) is 0 Å². The number of halogens is 1. The molecule has 1 aliphatic heterocycles. The van der Waals surface area contributed by atoms with Crippen LogP contribution in [0.4, 0.5) is 4.79 Å². The van der Waals surface area contributed by atoms with Gasteiger partial charge in [-0.15, -0.1) is 0 Å². The fourth-order valence-electron chi connectivity index (χ4n) is 1.69. The monoisotopic (exact) mass is 286 g/mol. The summed E-state index contributed by atoms with van der Waals surface area (Å²) >= 11 is 3.37. The van der Waals surface area contributed by atoms with Crippen LogP contribution >= 0.6 is 15.9 Å². The molecule has 0 spiro atoms. The summed E-state index contributed by atoms with van der Waals surface area (Å²) in [5, 5.41) is 0. The van der Waals surface area contributed by atoms with Gasteiger partial charge in [0, 0.05) is 5.69 Å². The van der Waals surface area contributed by atoms with Gasteiger partial charge >= 0.3 is 6.09 Å². The lowest BCUT2D eigenvalue weighted by molar-refractivity contribution is 0.0240. The number of aromatic nitrogens is 1. The molecule has 1 aromatic rings. The third-order valence-electron chi connectivity index (χ3n) is 2.32. The van der Waals surface area contributed by atoms with Crippen molar-refractivity contribution in [2.75, 3.05) is 0 Å². The maximum Gasteiger partial charge on any atom is 0.410 e. The smallest absolute Gasteiger partial charge is 0.410 e. The van der Waals surface area contributed by atoms with Crippen LogP contribution in [0.2, 0.25) is 0 Å². The lowest BCUT2D eigenvalue weighted by atomic mass is 10.2. The predicted octanol–water partition coefficient (Wildman–Crippen LogP) is 3.03. The fraction of sp³-hybridized carbons (Fsp3) is 0.545. The molecule has 1 amide bonds. The fourth-order valence-corrected chi connectivity index (χ4v) is 2.21. The first-order valence-corrected chi connectivity index (χ1v) is 5.98. The van der Waals surface area contributed by atoms with Crippen molar-refractivity contribution in [2.45, 2.75) is 39.5 Å². The van der Waals surface area contributed by atoms with Crippen LogP contribution in [0.15, 0.2) is 10.7 Å². The van der Waals surface area contributed by atoms with E-state index in [9.17, 15) is 4.79 Å². The molecule has 16 heavy (non-hydrogen) atoms. The second kappa shape index (κ2) is 3.80. The number of carbonyl (C=O) groups is 1. The standard InChI is InChI=1S/C11H15BrN2O2/c1-11(2,3)16-10(15)14-5-7-4-9(12)13-8(7)6-14/h4,13H,5-6H2,1-3H3. The molecule has 0 aromatic carbocycles. The Morgan fingerprint density at radius 2 is 2.19 bits per heavy atom. The molecule has 0 aliphatic carbocycles. The van der Waals surface area contributed by atoms with Gasteiger partial charge in [-0.2, -0.15) is 0 Å². The van der Waals surface area contributed by atoms with E-state index in [0.717, 1.165) is 15.9 Å². The topological polar surface area (TPSA) is 45.3 Å². The van der Waals surface area contributed by atoms with Crippen molar-refractivity contribution in [1.29, 1.82) is 0 Å². The number of carbonyl (C=O) groups excluding carboxylic acids is 1. The molecular weight excluding hydrogens is 272 g/mol. The van der Waals surface area contributed by atoms with E-state index in [2.05, 4.69) is 20.9 Å². The van der Waals surface area contributed by atoms with E-state index >= 15 is 0 Å². The number of hydrogen-bond donors (Lipinski definition) is 1. The Balaban J connectivity index is 2.01. The molecule has 0 fully saturated rings. The van der Waals surface area contributed by atoms with E-state index in [1.807, 2.05) is 26.8 Å². The quantitative estimate of drug-likeness (QED) is 0.797. The van der Waals surface area contributed by atoms with E-state index in [1.165, 1.54) is 0 Å². The van der Waals surface area contributed by atoms with Gasteiger partial charge in [-0.1, -0.05) is 0 Å². The molecule has 0 radical (unpaired) electrons. The lowest BCUT2D eigenvalue weighted by Gasteiger charge is -2.24. The summed E-state index contributed by atoms with van der Waals surface area (Å²) in [6.07, 6.45) is -0.256. The second-order valence-electron chi connectivity index (χ2n) is 4.96. The molecule has 1 aliphatic rings. The summed E-state index contributed by atoms with van der Waals surface area (Å²) in [5.41, 5.74) is 1.80. The molecule has 1 N–H and O–H groups in total. The van der Waals surface area contributed by atoms with Crippen molar-refractivity contribution in [3.8, 4) is 0 Å². The third-order valence-corrected chi connectivity index (χ3v) is 2.75. The Bertz CT molecular complexity index is 397. The zero-order chi connectivity index (χ0) is 11.9. The first-order chi connectivity index (χ1) is 7.35. The van der Waals surface area contributed by atoms with Gasteiger partial charge in [0.1, 0.15) is 5.60 Å². The Morgan fingerprint density at radius 3 is 2.75 bits per heavy atom. The highest BCUT2D eigenvalue weighted by atomic mass is 79.9. The van der Waals surface area contributed by atoms with Crippen LogP contribution in [-0.4, -0.2) is 21.6 Å². The Labute approximate surface area is 103 Å². The van der Waals surface area contributed by atoms with E-state index in [0.29, 0.717) is 13.1 Å². The van der Waals surface area contributed by atoms with E-state index in [4.69, 9.17) is 4.74 Å². The maximum atomic E-state index is 11.8. The third kappa shape index (κ3) is 2.40. The highest BCUT2D eigenvalue weighted by molar-refractivity contribution is 9.10. The summed E-state index contributed by atoms with van der Waals surface area (Å²) < 4.78 is 6.27. The molecule has 88 valence electrons. The summed E-state index contributed by atoms with van der Waals surface area (Å²) in [4.78, 5) is 16.7. The number of H-pyrrole nitrogens is 1. The van der Waals surface area contributed by atoms with Gasteiger partial charge in [0.25, 0.3) is 0 Å². The van der Waals surface area contributed by atoms with Crippen LogP contribution in [0.5, 0.6) is 0 Å². The molecular formula is C11H15BrN2O2. The number of nitrogens with one attached hydrogen (secondary N) is 1. The Hall–Kier alpha value is -0.970. The minimum absolute atomic E-state index is 0.256. The number of amides is 1. The normalized spacial score (nSPS) is 15.1. The van der Waals surface area contributed by atoms with E-state index in [-0.39, 0.29) is 6.09 Å². The highest BCUT2D eigenvalue weighted by Crippen LogP contribution is 2.26. The van der Waals surface area contributed by atoms with Crippen LogP contribution in [0.1, 0.15) is 32.0 Å². The average Bonchev–Trinajstić information content (AvgIpc) is 2.56. The molecule has 0 saturated carbocycles. The summed E-state index contributed by atoms with van der Waals surface area (Å²) in [5.74, 6) is 0. The van der Waals surface area contributed by atoms with Gasteiger partial charge in [-0.05, 0) is 48.3 Å². The van der Waals surface area contributed by atoms with E-state index < -0.39 is 5.60 Å². The van der Waals surface area contributed by atoms with Crippen LogP contribution in [0.25, 0.3) is 0 Å². The molecule has 0 bridgehead atoms. The first-order valence-electron chi connectivity index (χ1n) is 5.19. The molecule has 2 rings (SSSR count). The van der Waals surface area contributed by atoms with Crippen molar-refractivity contribution >= 4 is 22.0 Å². The van der Waals surface area contributed by atoms with Gasteiger partial charge in [0.2, 0.25) is 0 Å². The molecule has 0 atom stereocenters. The summed E-state index contributed by atoms with van der Waals surface area (Å²) in [7, 11) is 0.